The van der Waals surface area contributed by atoms with E-state index in [2.05, 4.69) is 10.2 Å². The second-order valence-corrected chi connectivity index (χ2v) is 7.62. The van der Waals surface area contributed by atoms with E-state index in [9.17, 15) is 14.7 Å². The van der Waals surface area contributed by atoms with Crippen molar-refractivity contribution in [1.82, 2.24) is 24.5 Å². The number of aromatic nitrogens is 4. The first-order chi connectivity index (χ1) is 13.6. The molecule has 2 bridgehead atoms. The molecule has 0 unspecified atom stereocenters. The van der Waals surface area contributed by atoms with Gasteiger partial charge in [-0.25, -0.2) is 0 Å². The number of benzene rings is 1. The Labute approximate surface area is 161 Å². The maximum absolute atomic E-state index is 12.9. The number of carbonyl (C=O) groups excluding carboxylic acids is 1. The fraction of sp³-hybridized carbons (Fsp3) is 0.400. The minimum atomic E-state index is -0.291. The molecule has 3 aromatic rings. The highest BCUT2D eigenvalue weighted by Crippen LogP contribution is 2.40. The van der Waals surface area contributed by atoms with Gasteiger partial charge in [0, 0.05) is 36.7 Å². The van der Waals surface area contributed by atoms with Crippen LogP contribution in [0.15, 0.2) is 47.3 Å². The zero-order valence-electron chi connectivity index (χ0n) is 15.3. The number of nitrogens with zero attached hydrogens (tertiary/aromatic N) is 5. The summed E-state index contributed by atoms with van der Waals surface area (Å²) < 4.78 is 1.72. The van der Waals surface area contributed by atoms with Crippen LogP contribution in [0.3, 0.4) is 0 Å². The van der Waals surface area contributed by atoms with Crippen LogP contribution in [0.1, 0.15) is 24.1 Å². The zero-order chi connectivity index (χ0) is 19.3. The molecule has 8 nitrogen and oxygen atoms in total. The molecule has 2 aromatic heterocycles. The van der Waals surface area contributed by atoms with E-state index < -0.39 is 0 Å². The van der Waals surface area contributed by atoms with Gasteiger partial charge in [-0.1, -0.05) is 18.2 Å². The van der Waals surface area contributed by atoms with Gasteiger partial charge in [0.05, 0.1) is 12.6 Å². The fourth-order valence-corrected chi connectivity index (χ4v) is 4.68. The molecule has 0 spiro atoms. The SMILES string of the molecule is O=C(Cn1nc2ccccc2n1)N1C[C@H]2C[C@@H](C1)[C@H](CO)n1c2cccc1=O. The van der Waals surface area contributed by atoms with E-state index in [1.807, 2.05) is 35.2 Å². The van der Waals surface area contributed by atoms with Gasteiger partial charge < -0.3 is 14.6 Å². The first kappa shape index (κ1) is 17.1. The number of aliphatic hydroxyl groups excluding tert-OH is 1. The third-order valence-corrected chi connectivity index (χ3v) is 5.94. The van der Waals surface area contributed by atoms with Gasteiger partial charge in [0.25, 0.3) is 5.56 Å². The molecule has 1 aromatic carbocycles. The third kappa shape index (κ3) is 2.72. The summed E-state index contributed by atoms with van der Waals surface area (Å²) >= 11 is 0. The molecular formula is C20H21N5O3. The van der Waals surface area contributed by atoms with E-state index in [4.69, 9.17) is 0 Å². The molecule has 3 atom stereocenters. The average molecular weight is 379 g/mol. The lowest BCUT2D eigenvalue weighted by Crippen LogP contribution is -2.52. The Hall–Kier alpha value is -3.00. The van der Waals surface area contributed by atoms with Crippen LogP contribution >= 0.6 is 0 Å². The number of hydrogen-bond donors (Lipinski definition) is 1. The molecule has 2 aliphatic heterocycles. The van der Waals surface area contributed by atoms with Gasteiger partial charge in [-0.2, -0.15) is 15.0 Å². The molecule has 1 fully saturated rings. The van der Waals surface area contributed by atoms with Gasteiger partial charge in [0.2, 0.25) is 5.91 Å². The van der Waals surface area contributed by atoms with Gasteiger partial charge in [-0.3, -0.25) is 9.59 Å². The van der Waals surface area contributed by atoms with Crippen LogP contribution in [0.4, 0.5) is 0 Å². The van der Waals surface area contributed by atoms with Crippen molar-refractivity contribution in [3.63, 3.8) is 0 Å². The van der Waals surface area contributed by atoms with Crippen molar-refractivity contribution in [1.29, 1.82) is 0 Å². The molecule has 2 aliphatic rings. The van der Waals surface area contributed by atoms with Crippen LogP contribution in [-0.2, 0) is 11.3 Å². The zero-order valence-corrected chi connectivity index (χ0v) is 15.3. The molecule has 8 heteroatoms. The fourth-order valence-electron chi connectivity index (χ4n) is 4.68. The smallest absolute Gasteiger partial charge is 0.251 e. The Morgan fingerprint density at radius 2 is 1.82 bits per heavy atom. The Morgan fingerprint density at radius 1 is 1.07 bits per heavy atom. The second-order valence-electron chi connectivity index (χ2n) is 7.62. The number of fused-ring (bicyclic) bond motifs is 5. The van der Waals surface area contributed by atoms with Crippen molar-refractivity contribution in [2.75, 3.05) is 19.7 Å². The molecule has 0 saturated carbocycles. The molecule has 5 rings (SSSR count). The second kappa shape index (κ2) is 6.56. The van der Waals surface area contributed by atoms with E-state index in [0.717, 1.165) is 23.1 Å². The van der Waals surface area contributed by atoms with E-state index in [1.54, 1.807) is 10.6 Å². The van der Waals surface area contributed by atoms with Crippen molar-refractivity contribution < 1.29 is 9.90 Å². The average Bonchev–Trinajstić information content (AvgIpc) is 3.11. The lowest BCUT2D eigenvalue weighted by molar-refractivity contribution is -0.135. The molecule has 28 heavy (non-hydrogen) atoms. The molecule has 4 heterocycles. The number of pyridine rings is 1. The summed E-state index contributed by atoms with van der Waals surface area (Å²) in [7, 11) is 0. The molecule has 1 saturated heterocycles. The monoisotopic (exact) mass is 379 g/mol. The van der Waals surface area contributed by atoms with Crippen LogP contribution in [0.2, 0.25) is 0 Å². The molecule has 0 aliphatic carbocycles. The lowest BCUT2D eigenvalue weighted by atomic mass is 9.78. The minimum Gasteiger partial charge on any atom is -0.394 e. The first-order valence-corrected chi connectivity index (χ1v) is 9.54. The van der Waals surface area contributed by atoms with Crippen molar-refractivity contribution >= 4 is 16.9 Å². The number of hydrogen-bond acceptors (Lipinski definition) is 5. The predicted octanol–water partition coefficient (Wildman–Crippen LogP) is 0.772. The van der Waals surface area contributed by atoms with Crippen molar-refractivity contribution in [3.8, 4) is 0 Å². The van der Waals surface area contributed by atoms with Crippen LogP contribution in [-0.4, -0.2) is 55.2 Å². The highest BCUT2D eigenvalue weighted by atomic mass is 16.3. The summed E-state index contributed by atoms with van der Waals surface area (Å²) in [5, 5.41) is 18.7. The summed E-state index contributed by atoms with van der Waals surface area (Å²) in [6.07, 6.45) is 0.877. The highest BCUT2D eigenvalue weighted by Gasteiger charge is 2.41. The van der Waals surface area contributed by atoms with E-state index in [0.29, 0.717) is 13.1 Å². The van der Waals surface area contributed by atoms with Gasteiger partial charge in [-0.05, 0) is 24.6 Å². The molecule has 1 N–H and O–H groups in total. The van der Waals surface area contributed by atoms with Crippen LogP contribution in [0, 0.1) is 5.92 Å². The van der Waals surface area contributed by atoms with E-state index >= 15 is 0 Å². The normalized spacial score (nSPS) is 23.6. The molecule has 0 radical (unpaired) electrons. The van der Waals surface area contributed by atoms with E-state index in [1.165, 1.54) is 10.9 Å². The Bertz CT molecular complexity index is 1070. The van der Waals surface area contributed by atoms with Gasteiger partial charge in [0.15, 0.2) is 0 Å². The van der Waals surface area contributed by atoms with Crippen molar-refractivity contribution in [3.05, 3.63) is 58.5 Å². The summed E-state index contributed by atoms with van der Waals surface area (Å²) in [4.78, 5) is 28.6. The summed E-state index contributed by atoms with van der Waals surface area (Å²) in [6.45, 7) is 1.07. The quantitative estimate of drug-likeness (QED) is 0.726. The number of amides is 1. The highest BCUT2D eigenvalue weighted by molar-refractivity contribution is 5.77. The standard InChI is InChI=1S/C20H21N5O3/c26-12-18-14-8-13(17-6-3-7-19(27)25(17)18)9-23(10-14)20(28)11-24-21-15-4-1-2-5-16(15)22-24/h1-7,13-14,18,26H,8-12H2/t13-,14+,18+/m1/s1. The van der Waals surface area contributed by atoms with Crippen LogP contribution in [0.5, 0.6) is 0 Å². The van der Waals surface area contributed by atoms with E-state index in [-0.39, 0.29) is 42.5 Å². The molecular weight excluding hydrogens is 358 g/mol. The number of piperidine rings is 1. The lowest BCUT2D eigenvalue weighted by Gasteiger charge is -2.46. The maximum Gasteiger partial charge on any atom is 0.251 e. The minimum absolute atomic E-state index is 0.0431. The van der Waals surface area contributed by atoms with Gasteiger partial charge in [-0.15, -0.1) is 0 Å². The summed E-state index contributed by atoms with van der Waals surface area (Å²) in [5.74, 6) is 0.118. The Kier molecular flexibility index (Phi) is 4.01. The van der Waals surface area contributed by atoms with Gasteiger partial charge >= 0.3 is 0 Å². The first-order valence-electron chi connectivity index (χ1n) is 9.54. The topological polar surface area (TPSA) is 93.2 Å². The summed E-state index contributed by atoms with van der Waals surface area (Å²) in [6, 6.07) is 12.5. The number of carbonyl (C=O) groups is 1. The van der Waals surface area contributed by atoms with Gasteiger partial charge in [0.1, 0.15) is 17.6 Å². The van der Waals surface area contributed by atoms with Crippen molar-refractivity contribution in [2.24, 2.45) is 5.92 Å². The number of likely N-dealkylation sites (tertiary alicyclic amines) is 1. The number of rotatable bonds is 3. The van der Waals surface area contributed by atoms with Crippen molar-refractivity contribution in [2.45, 2.75) is 24.9 Å². The molecule has 1 amide bonds. The number of aliphatic hydroxyl groups is 1. The summed E-state index contributed by atoms with van der Waals surface area (Å²) in [5.41, 5.74) is 2.35. The largest absolute Gasteiger partial charge is 0.394 e. The van der Waals surface area contributed by atoms with Crippen LogP contribution < -0.4 is 5.56 Å². The molecule has 144 valence electrons. The van der Waals surface area contributed by atoms with Crippen LogP contribution in [0.25, 0.3) is 11.0 Å². The Morgan fingerprint density at radius 3 is 2.54 bits per heavy atom. The third-order valence-electron chi connectivity index (χ3n) is 5.94. The maximum atomic E-state index is 12.9. The Balaban J connectivity index is 1.40. The predicted molar refractivity (Wildman–Crippen MR) is 102 cm³/mol.